The lowest BCUT2D eigenvalue weighted by Gasteiger charge is -2.39. The molecule has 2 aromatic rings. The number of rotatable bonds is 3. The van der Waals surface area contributed by atoms with Gasteiger partial charge in [0.15, 0.2) is 0 Å². The van der Waals surface area contributed by atoms with Crippen LogP contribution in [0.5, 0.6) is 0 Å². The summed E-state index contributed by atoms with van der Waals surface area (Å²) in [4.78, 5) is 12.1. The molecule has 1 aliphatic heterocycles. The van der Waals surface area contributed by atoms with Crippen LogP contribution in [0.25, 0.3) is 10.8 Å². The number of hydrogen-bond donors (Lipinski definition) is 1. The van der Waals surface area contributed by atoms with E-state index in [0.29, 0.717) is 6.42 Å². The van der Waals surface area contributed by atoms with Gasteiger partial charge in [-0.05, 0) is 56.0 Å². The van der Waals surface area contributed by atoms with Crippen LogP contribution >= 0.6 is 12.4 Å². The van der Waals surface area contributed by atoms with Gasteiger partial charge in [-0.3, -0.25) is 4.79 Å². The van der Waals surface area contributed by atoms with Gasteiger partial charge in [-0.15, -0.1) is 12.4 Å². The summed E-state index contributed by atoms with van der Waals surface area (Å²) in [6, 6.07) is 12.8. The van der Waals surface area contributed by atoms with Crippen LogP contribution in [-0.2, 0) is 16.0 Å². The fourth-order valence-corrected chi connectivity index (χ4v) is 3.56. The molecule has 1 aliphatic rings. The second-order valence-corrected chi connectivity index (χ2v) is 7.35. The Labute approximate surface area is 150 Å². The first-order valence-electron chi connectivity index (χ1n) is 8.33. The van der Waals surface area contributed by atoms with Crippen molar-refractivity contribution in [2.75, 3.05) is 0 Å². The first-order valence-corrected chi connectivity index (χ1v) is 8.33. The van der Waals surface area contributed by atoms with Crippen molar-refractivity contribution in [1.29, 1.82) is 0 Å². The van der Waals surface area contributed by atoms with E-state index in [9.17, 15) is 4.79 Å². The van der Waals surface area contributed by atoms with E-state index >= 15 is 0 Å². The number of esters is 1. The molecule has 0 aromatic heterocycles. The van der Waals surface area contributed by atoms with Crippen LogP contribution in [-0.4, -0.2) is 17.6 Å². The smallest absolute Gasteiger partial charge is 0.307 e. The molecule has 1 unspecified atom stereocenters. The van der Waals surface area contributed by atoms with Crippen LogP contribution in [0, 0.1) is 0 Å². The maximum absolute atomic E-state index is 12.1. The van der Waals surface area contributed by atoms with E-state index in [-0.39, 0.29) is 36.1 Å². The van der Waals surface area contributed by atoms with E-state index in [0.717, 1.165) is 6.42 Å². The lowest BCUT2D eigenvalue weighted by atomic mass is 9.80. The number of halogens is 1. The number of benzene rings is 2. The minimum absolute atomic E-state index is 0. The molecule has 0 saturated carbocycles. The molecule has 1 atom stereocenters. The first-order chi connectivity index (χ1) is 10.9. The van der Waals surface area contributed by atoms with Crippen LogP contribution in [0.3, 0.4) is 0 Å². The summed E-state index contributed by atoms with van der Waals surface area (Å²) in [5, 5.41) is 6.17. The summed E-state index contributed by atoms with van der Waals surface area (Å²) in [5.74, 6) is -0.144. The molecular formula is C20H26ClNO2. The highest BCUT2D eigenvalue weighted by molar-refractivity contribution is 5.87. The summed E-state index contributed by atoms with van der Waals surface area (Å²) in [6.45, 7) is 8.16. The van der Waals surface area contributed by atoms with Gasteiger partial charge in [0.2, 0.25) is 0 Å². The summed E-state index contributed by atoms with van der Waals surface area (Å²) in [6.07, 6.45) is 1.25. The maximum Gasteiger partial charge on any atom is 0.307 e. The lowest BCUT2D eigenvalue weighted by molar-refractivity contribution is -0.148. The minimum Gasteiger partial charge on any atom is -0.463 e. The molecule has 24 heavy (non-hydrogen) atoms. The molecule has 4 heteroatoms. The van der Waals surface area contributed by atoms with E-state index in [4.69, 9.17) is 4.74 Å². The molecule has 1 heterocycles. The van der Waals surface area contributed by atoms with Gasteiger partial charge >= 0.3 is 5.97 Å². The average molecular weight is 348 g/mol. The van der Waals surface area contributed by atoms with Crippen LogP contribution in [0.15, 0.2) is 36.4 Å². The number of ether oxygens (including phenoxy) is 1. The van der Waals surface area contributed by atoms with Gasteiger partial charge in [0.25, 0.3) is 0 Å². The molecule has 0 amide bonds. The van der Waals surface area contributed by atoms with Crippen molar-refractivity contribution in [3.05, 3.63) is 47.5 Å². The van der Waals surface area contributed by atoms with Crippen molar-refractivity contribution in [2.45, 2.75) is 58.2 Å². The standard InChI is InChI=1S/C20H25NO2.ClH/c1-13(2)23-19(22)11-18-16-10-9-14-7-5-6-8-15(14)17(16)12-20(3,4)21-18;/h5-10,13,18,21H,11-12H2,1-4H3;1H. The summed E-state index contributed by atoms with van der Waals surface area (Å²) >= 11 is 0. The molecule has 2 aromatic carbocycles. The Balaban J connectivity index is 0.00000208. The summed E-state index contributed by atoms with van der Waals surface area (Å²) in [7, 11) is 0. The van der Waals surface area contributed by atoms with Crippen LogP contribution in [0.2, 0.25) is 0 Å². The molecule has 1 N–H and O–H groups in total. The van der Waals surface area contributed by atoms with Gasteiger partial charge in [0.05, 0.1) is 12.5 Å². The molecular weight excluding hydrogens is 322 g/mol. The van der Waals surface area contributed by atoms with Gasteiger partial charge in [0.1, 0.15) is 0 Å². The van der Waals surface area contributed by atoms with Gasteiger partial charge < -0.3 is 10.1 Å². The number of carbonyl (C=O) groups is 1. The molecule has 0 bridgehead atoms. The maximum atomic E-state index is 12.1. The molecule has 0 fully saturated rings. The van der Waals surface area contributed by atoms with Crippen molar-refractivity contribution >= 4 is 29.1 Å². The Morgan fingerprint density at radius 1 is 1.25 bits per heavy atom. The molecule has 0 saturated heterocycles. The highest BCUT2D eigenvalue weighted by Gasteiger charge is 2.33. The minimum atomic E-state index is -0.144. The molecule has 0 radical (unpaired) electrons. The Hall–Kier alpha value is -1.58. The Bertz CT molecular complexity index is 739. The van der Waals surface area contributed by atoms with Gasteiger partial charge in [-0.25, -0.2) is 0 Å². The molecule has 0 spiro atoms. The zero-order chi connectivity index (χ0) is 16.6. The number of carbonyl (C=O) groups excluding carboxylic acids is 1. The second-order valence-electron chi connectivity index (χ2n) is 7.35. The largest absolute Gasteiger partial charge is 0.463 e. The van der Waals surface area contributed by atoms with Crippen LogP contribution in [0.1, 0.15) is 51.3 Å². The van der Waals surface area contributed by atoms with E-state index in [2.05, 4.69) is 55.6 Å². The topological polar surface area (TPSA) is 38.3 Å². The van der Waals surface area contributed by atoms with Gasteiger partial charge in [-0.1, -0.05) is 36.4 Å². The third kappa shape index (κ3) is 3.90. The quantitative estimate of drug-likeness (QED) is 0.826. The van der Waals surface area contributed by atoms with Crippen molar-refractivity contribution in [2.24, 2.45) is 0 Å². The van der Waals surface area contributed by atoms with Crippen molar-refractivity contribution < 1.29 is 9.53 Å². The van der Waals surface area contributed by atoms with Gasteiger partial charge in [0, 0.05) is 11.6 Å². The molecule has 3 rings (SSSR count). The summed E-state index contributed by atoms with van der Waals surface area (Å²) in [5.41, 5.74) is 2.54. The van der Waals surface area contributed by atoms with E-state index in [1.165, 1.54) is 21.9 Å². The first kappa shape index (κ1) is 18.8. The molecule has 130 valence electrons. The fourth-order valence-electron chi connectivity index (χ4n) is 3.56. The average Bonchev–Trinajstić information content (AvgIpc) is 2.45. The normalized spacial score (nSPS) is 18.8. The fraction of sp³-hybridized carbons (Fsp3) is 0.450. The summed E-state index contributed by atoms with van der Waals surface area (Å²) < 4.78 is 5.34. The van der Waals surface area contributed by atoms with E-state index < -0.39 is 0 Å². The molecule has 0 aliphatic carbocycles. The van der Waals surface area contributed by atoms with Crippen molar-refractivity contribution in [3.8, 4) is 0 Å². The van der Waals surface area contributed by atoms with Crippen molar-refractivity contribution in [3.63, 3.8) is 0 Å². The number of nitrogens with one attached hydrogen (secondary N) is 1. The lowest BCUT2D eigenvalue weighted by Crippen LogP contribution is -2.48. The van der Waals surface area contributed by atoms with E-state index in [1.807, 2.05) is 13.8 Å². The van der Waals surface area contributed by atoms with E-state index in [1.54, 1.807) is 0 Å². The predicted octanol–water partition coefficient (Wildman–Crippen LogP) is 4.57. The Kier molecular flexibility index (Phi) is 5.56. The van der Waals surface area contributed by atoms with Crippen LogP contribution < -0.4 is 5.32 Å². The highest BCUT2D eigenvalue weighted by atomic mass is 35.5. The third-order valence-corrected chi connectivity index (χ3v) is 4.37. The number of hydrogen-bond acceptors (Lipinski definition) is 3. The molecule has 3 nitrogen and oxygen atoms in total. The zero-order valence-electron chi connectivity index (χ0n) is 14.8. The van der Waals surface area contributed by atoms with Crippen LogP contribution in [0.4, 0.5) is 0 Å². The Morgan fingerprint density at radius 3 is 2.67 bits per heavy atom. The predicted molar refractivity (Wildman–Crippen MR) is 101 cm³/mol. The van der Waals surface area contributed by atoms with Crippen molar-refractivity contribution in [1.82, 2.24) is 5.32 Å². The third-order valence-electron chi connectivity index (χ3n) is 4.37. The monoisotopic (exact) mass is 347 g/mol. The second kappa shape index (κ2) is 7.12. The van der Waals surface area contributed by atoms with Gasteiger partial charge in [-0.2, -0.15) is 0 Å². The zero-order valence-corrected chi connectivity index (χ0v) is 15.6. The Morgan fingerprint density at radius 2 is 1.96 bits per heavy atom. The number of fused-ring (bicyclic) bond motifs is 3. The highest BCUT2D eigenvalue weighted by Crippen LogP contribution is 2.36. The SMILES string of the molecule is CC(C)OC(=O)CC1NC(C)(C)Cc2c1ccc1ccccc21.Cl.